The summed E-state index contributed by atoms with van der Waals surface area (Å²) in [6, 6.07) is 9.12. The van der Waals surface area contributed by atoms with Gasteiger partial charge in [-0.25, -0.2) is 0 Å². The monoisotopic (exact) mass is 479 g/mol. The maximum absolute atomic E-state index is 12.2. The highest BCUT2D eigenvalue weighted by molar-refractivity contribution is 6.74. The van der Waals surface area contributed by atoms with Crippen molar-refractivity contribution in [2.45, 2.75) is 89.0 Å². The first-order valence-corrected chi connectivity index (χ1v) is 14.3. The second-order valence-corrected chi connectivity index (χ2v) is 15.0. The van der Waals surface area contributed by atoms with Gasteiger partial charge in [0.1, 0.15) is 12.2 Å². The highest BCUT2D eigenvalue weighted by Crippen LogP contribution is 2.42. The standard InChI is InChI=1S/C24H37NO7Si/c1-15(26)25-20-17(13-19(27)28-5)30-18-14-29-23(16-11-9-8-10-12-16)31-21(18)22(20)32-33(6,7)24(2,3)4/h8-12,17-18,20-23H,13-14H2,1-7H3,(H,25,26)/t17-,18-,20+,21-,22-,23?/m1/s1. The molecule has 33 heavy (non-hydrogen) atoms. The SMILES string of the molecule is COC(=O)C[C@H]1O[C@@H]2COC(c3ccccc3)O[C@H]2[C@H](O[Si](C)(C)C(C)(C)C)[C@H]1NC(C)=O. The molecule has 0 spiro atoms. The van der Waals surface area contributed by atoms with Gasteiger partial charge in [-0.15, -0.1) is 0 Å². The normalized spacial score (nSPS) is 30.3. The first-order valence-electron chi connectivity index (χ1n) is 11.4. The lowest BCUT2D eigenvalue weighted by atomic mass is 9.90. The van der Waals surface area contributed by atoms with Crippen LogP contribution in [0.4, 0.5) is 0 Å². The smallest absolute Gasteiger partial charge is 0.308 e. The van der Waals surface area contributed by atoms with Crippen molar-refractivity contribution in [3.63, 3.8) is 0 Å². The molecular formula is C24H37NO7Si. The number of rotatable bonds is 6. The lowest BCUT2D eigenvalue weighted by Gasteiger charge is -2.52. The van der Waals surface area contributed by atoms with E-state index in [0.29, 0.717) is 0 Å². The van der Waals surface area contributed by atoms with Crippen LogP contribution in [0, 0.1) is 0 Å². The van der Waals surface area contributed by atoms with Gasteiger partial charge >= 0.3 is 5.97 Å². The molecular weight excluding hydrogens is 442 g/mol. The first kappa shape index (κ1) is 25.8. The molecule has 1 amide bonds. The molecule has 8 nitrogen and oxygen atoms in total. The van der Waals surface area contributed by atoms with Crippen LogP contribution in [-0.2, 0) is 33.0 Å². The van der Waals surface area contributed by atoms with Gasteiger partial charge in [0.15, 0.2) is 14.6 Å². The number of methoxy groups -OCH3 is 1. The van der Waals surface area contributed by atoms with Crippen molar-refractivity contribution < 1.29 is 33.0 Å². The van der Waals surface area contributed by atoms with E-state index in [1.54, 1.807) is 0 Å². The van der Waals surface area contributed by atoms with Crippen molar-refractivity contribution >= 4 is 20.2 Å². The summed E-state index contributed by atoms with van der Waals surface area (Å²) in [4.78, 5) is 24.3. The van der Waals surface area contributed by atoms with Gasteiger partial charge in [-0.1, -0.05) is 51.1 Å². The fourth-order valence-corrected chi connectivity index (χ4v) is 5.27. The number of carbonyl (C=O) groups is 2. The maximum Gasteiger partial charge on any atom is 0.308 e. The minimum atomic E-state index is -2.28. The number of hydrogen-bond acceptors (Lipinski definition) is 7. The molecule has 1 aromatic rings. The Kier molecular flexibility index (Phi) is 8.01. The number of hydrogen-bond donors (Lipinski definition) is 1. The lowest BCUT2D eigenvalue weighted by Crippen LogP contribution is -2.69. The Bertz CT molecular complexity index is 826. The third-order valence-corrected chi connectivity index (χ3v) is 11.2. The molecule has 2 heterocycles. The minimum absolute atomic E-state index is 0.00978. The molecule has 2 aliphatic heterocycles. The van der Waals surface area contributed by atoms with Crippen molar-refractivity contribution in [3.8, 4) is 0 Å². The van der Waals surface area contributed by atoms with Crippen molar-refractivity contribution in [2.24, 2.45) is 0 Å². The van der Waals surface area contributed by atoms with Crippen LogP contribution in [0.25, 0.3) is 0 Å². The van der Waals surface area contributed by atoms with Crippen LogP contribution in [0.5, 0.6) is 0 Å². The Morgan fingerprint density at radius 2 is 1.82 bits per heavy atom. The summed E-state index contributed by atoms with van der Waals surface area (Å²) in [6.45, 7) is 12.5. The van der Waals surface area contributed by atoms with Crippen LogP contribution >= 0.6 is 0 Å². The van der Waals surface area contributed by atoms with Gasteiger partial charge in [0, 0.05) is 12.5 Å². The zero-order chi connectivity index (χ0) is 24.4. The van der Waals surface area contributed by atoms with E-state index in [0.717, 1.165) is 5.56 Å². The Balaban J connectivity index is 1.97. The topological polar surface area (TPSA) is 92.3 Å². The molecule has 2 fully saturated rings. The molecule has 184 valence electrons. The highest BCUT2D eigenvalue weighted by Gasteiger charge is 2.54. The number of fused-ring (bicyclic) bond motifs is 1. The quantitative estimate of drug-likeness (QED) is 0.494. The van der Waals surface area contributed by atoms with Gasteiger partial charge in [0.25, 0.3) is 0 Å². The average Bonchev–Trinajstić information content (AvgIpc) is 2.75. The summed E-state index contributed by atoms with van der Waals surface area (Å²) in [7, 11) is -0.949. The van der Waals surface area contributed by atoms with Crippen molar-refractivity contribution in [3.05, 3.63) is 35.9 Å². The lowest BCUT2D eigenvalue weighted by molar-refractivity contribution is -0.313. The van der Waals surface area contributed by atoms with E-state index in [1.807, 2.05) is 30.3 Å². The van der Waals surface area contributed by atoms with Crippen LogP contribution in [0.2, 0.25) is 18.1 Å². The Morgan fingerprint density at radius 3 is 2.39 bits per heavy atom. The molecule has 0 saturated carbocycles. The van der Waals surface area contributed by atoms with Gasteiger partial charge in [0.05, 0.1) is 38.4 Å². The third kappa shape index (κ3) is 6.02. The molecule has 3 rings (SSSR count). The molecule has 6 atom stereocenters. The summed E-state index contributed by atoms with van der Waals surface area (Å²) in [5.41, 5.74) is 0.898. The van der Waals surface area contributed by atoms with Crippen LogP contribution in [0.1, 0.15) is 46.0 Å². The fraction of sp³-hybridized carbons (Fsp3) is 0.667. The molecule has 1 unspecified atom stereocenters. The van der Waals surface area contributed by atoms with Crippen molar-refractivity contribution in [2.75, 3.05) is 13.7 Å². The van der Waals surface area contributed by atoms with Gasteiger partial charge in [0.2, 0.25) is 5.91 Å². The molecule has 2 saturated heterocycles. The zero-order valence-electron chi connectivity index (χ0n) is 20.6. The van der Waals surface area contributed by atoms with E-state index in [2.05, 4.69) is 39.2 Å². The van der Waals surface area contributed by atoms with Crippen LogP contribution in [0.15, 0.2) is 30.3 Å². The predicted molar refractivity (Wildman–Crippen MR) is 125 cm³/mol. The first-order chi connectivity index (χ1) is 15.4. The van der Waals surface area contributed by atoms with Crippen molar-refractivity contribution in [1.82, 2.24) is 5.32 Å². The Labute approximate surface area is 197 Å². The molecule has 0 bridgehead atoms. The molecule has 1 aromatic carbocycles. The maximum atomic E-state index is 12.2. The Hall–Kier alpha value is -1.78. The van der Waals surface area contributed by atoms with E-state index in [-0.39, 0.29) is 24.0 Å². The van der Waals surface area contributed by atoms with E-state index in [9.17, 15) is 9.59 Å². The van der Waals surface area contributed by atoms with E-state index >= 15 is 0 Å². The average molecular weight is 480 g/mol. The number of benzene rings is 1. The van der Waals surface area contributed by atoms with Gasteiger partial charge in [-0.05, 0) is 18.1 Å². The number of amides is 1. The summed E-state index contributed by atoms with van der Waals surface area (Å²) in [5.74, 6) is -0.646. The predicted octanol–water partition coefficient (Wildman–Crippen LogP) is 3.33. The van der Waals surface area contributed by atoms with Crippen LogP contribution in [-0.4, -0.2) is 64.4 Å². The van der Waals surface area contributed by atoms with E-state index in [1.165, 1.54) is 14.0 Å². The van der Waals surface area contributed by atoms with Gasteiger partial charge < -0.3 is 28.7 Å². The molecule has 0 aliphatic carbocycles. The second kappa shape index (κ2) is 10.2. The second-order valence-electron chi connectivity index (χ2n) is 10.2. The molecule has 2 aliphatic rings. The number of nitrogens with one attached hydrogen (secondary N) is 1. The molecule has 1 N–H and O–H groups in total. The largest absolute Gasteiger partial charge is 0.469 e. The van der Waals surface area contributed by atoms with Gasteiger partial charge in [-0.3, -0.25) is 9.59 Å². The number of carbonyl (C=O) groups excluding carboxylic acids is 2. The van der Waals surface area contributed by atoms with Gasteiger partial charge in [-0.2, -0.15) is 0 Å². The fourth-order valence-electron chi connectivity index (χ4n) is 3.95. The summed E-state index contributed by atoms with van der Waals surface area (Å²) in [6.07, 6.45) is -2.65. The van der Waals surface area contributed by atoms with Crippen LogP contribution < -0.4 is 5.32 Å². The highest BCUT2D eigenvalue weighted by atomic mass is 28.4. The minimum Gasteiger partial charge on any atom is -0.469 e. The van der Waals surface area contributed by atoms with E-state index in [4.69, 9.17) is 23.4 Å². The summed E-state index contributed by atoms with van der Waals surface area (Å²) < 4.78 is 30.4. The van der Waals surface area contributed by atoms with E-state index < -0.39 is 51.0 Å². The molecule has 9 heteroatoms. The summed E-state index contributed by atoms with van der Waals surface area (Å²) >= 11 is 0. The Morgan fingerprint density at radius 1 is 1.15 bits per heavy atom. The zero-order valence-corrected chi connectivity index (χ0v) is 21.6. The molecule has 0 aromatic heterocycles. The summed E-state index contributed by atoms with van der Waals surface area (Å²) in [5, 5.41) is 2.91. The number of ether oxygens (including phenoxy) is 4. The van der Waals surface area contributed by atoms with Crippen molar-refractivity contribution in [1.29, 1.82) is 0 Å². The number of esters is 1. The molecule has 0 radical (unpaired) electrons. The third-order valence-electron chi connectivity index (χ3n) is 6.76. The van der Waals surface area contributed by atoms with Crippen LogP contribution in [0.3, 0.4) is 0 Å².